The van der Waals surface area contributed by atoms with Crippen LogP contribution in [0.4, 0.5) is 13.2 Å². The second kappa shape index (κ2) is 6.51. The average molecular weight is 307 g/mol. The molecular formula is C14H20F3NO3. The molecule has 0 saturated heterocycles. The van der Waals surface area contributed by atoms with Crippen molar-refractivity contribution in [2.24, 2.45) is 0 Å². The van der Waals surface area contributed by atoms with E-state index in [4.69, 9.17) is 4.42 Å². The smallest absolute Gasteiger partial charge is 0.425 e. The number of nitrogens with one attached hydrogen (secondary N) is 1. The van der Waals surface area contributed by atoms with E-state index in [0.29, 0.717) is 12.8 Å². The van der Waals surface area contributed by atoms with Crippen molar-refractivity contribution in [3.05, 3.63) is 23.7 Å². The number of carbonyl (C=O) groups is 1. The Hall–Kier alpha value is -1.50. The topological polar surface area (TPSA) is 62.5 Å². The van der Waals surface area contributed by atoms with Crippen LogP contribution >= 0.6 is 0 Å². The number of aliphatic hydroxyl groups is 1. The van der Waals surface area contributed by atoms with Crippen LogP contribution in [0.3, 0.4) is 0 Å². The molecule has 0 spiro atoms. The van der Waals surface area contributed by atoms with Gasteiger partial charge in [-0.05, 0) is 31.9 Å². The summed E-state index contributed by atoms with van der Waals surface area (Å²) in [6.07, 6.45) is -4.93. The number of rotatable bonds is 6. The Kier molecular flexibility index (Phi) is 5.44. The maximum atomic E-state index is 13.2. The Morgan fingerprint density at radius 1 is 1.33 bits per heavy atom. The first-order valence-electron chi connectivity index (χ1n) is 6.79. The van der Waals surface area contributed by atoms with E-state index in [1.165, 1.54) is 13.0 Å². The number of hydrogen-bond donors (Lipinski definition) is 2. The zero-order chi connectivity index (χ0) is 16.3. The van der Waals surface area contributed by atoms with Crippen LogP contribution in [0.15, 0.2) is 16.5 Å². The molecule has 0 aliphatic heterocycles. The van der Waals surface area contributed by atoms with Crippen molar-refractivity contribution in [1.82, 2.24) is 5.32 Å². The molecule has 4 nitrogen and oxygen atoms in total. The van der Waals surface area contributed by atoms with Gasteiger partial charge in [0.15, 0.2) is 0 Å². The summed E-state index contributed by atoms with van der Waals surface area (Å²) in [4.78, 5) is 11.8. The molecule has 1 atom stereocenters. The molecule has 2 N–H and O–H groups in total. The van der Waals surface area contributed by atoms with Gasteiger partial charge < -0.3 is 14.8 Å². The molecular weight excluding hydrogens is 287 g/mol. The molecule has 1 aromatic rings. The predicted octanol–water partition coefficient (Wildman–Crippen LogP) is 3.03. The summed E-state index contributed by atoms with van der Waals surface area (Å²) >= 11 is 0. The Morgan fingerprint density at radius 3 is 2.29 bits per heavy atom. The van der Waals surface area contributed by atoms with Crippen LogP contribution < -0.4 is 5.32 Å². The molecule has 0 bridgehead atoms. The molecule has 0 aliphatic rings. The number of halogens is 3. The van der Waals surface area contributed by atoms with Gasteiger partial charge in [-0.15, -0.1) is 0 Å². The van der Waals surface area contributed by atoms with Gasteiger partial charge in [0.2, 0.25) is 11.5 Å². The van der Waals surface area contributed by atoms with E-state index in [1.54, 1.807) is 0 Å². The summed E-state index contributed by atoms with van der Waals surface area (Å²) in [6.45, 7) is 5.10. The molecule has 21 heavy (non-hydrogen) atoms. The third kappa shape index (κ3) is 4.00. The van der Waals surface area contributed by atoms with Crippen LogP contribution in [0.1, 0.15) is 44.6 Å². The van der Waals surface area contributed by atoms with Crippen LogP contribution in [0.5, 0.6) is 0 Å². The first-order valence-corrected chi connectivity index (χ1v) is 6.79. The monoisotopic (exact) mass is 307 g/mol. The van der Waals surface area contributed by atoms with Gasteiger partial charge in [-0.1, -0.05) is 13.8 Å². The summed E-state index contributed by atoms with van der Waals surface area (Å²) in [5.41, 5.74) is -3.32. The molecule has 1 rings (SSSR count). The Balaban J connectivity index is 2.97. The highest BCUT2D eigenvalue weighted by molar-refractivity contribution is 5.77. The van der Waals surface area contributed by atoms with Gasteiger partial charge in [-0.2, -0.15) is 13.2 Å². The maximum absolute atomic E-state index is 13.2. The lowest BCUT2D eigenvalue weighted by molar-refractivity contribution is -0.273. The zero-order valence-corrected chi connectivity index (χ0v) is 12.3. The standard InChI is InChI=1S/C14H20F3NO3/c1-4-10(5-2)18-12(19)8-13(20,14(15,16)17)11-7-6-9(3)21-11/h6-7,10,20H,4-5,8H2,1-3H3,(H,18,19). The number of hydrogen-bond acceptors (Lipinski definition) is 3. The molecule has 1 heterocycles. The highest BCUT2D eigenvalue weighted by atomic mass is 19.4. The fourth-order valence-corrected chi connectivity index (χ4v) is 1.99. The van der Waals surface area contributed by atoms with Crippen molar-refractivity contribution in [3.8, 4) is 0 Å². The van der Waals surface area contributed by atoms with Crippen LogP contribution in [0.25, 0.3) is 0 Å². The zero-order valence-electron chi connectivity index (χ0n) is 12.3. The number of furan rings is 1. The Labute approximate surface area is 121 Å². The minimum absolute atomic E-state index is 0.215. The van der Waals surface area contributed by atoms with Gasteiger partial charge >= 0.3 is 6.18 Å². The molecule has 0 saturated carbocycles. The van der Waals surface area contributed by atoms with Crippen molar-refractivity contribution in [3.63, 3.8) is 0 Å². The van der Waals surface area contributed by atoms with E-state index < -0.39 is 29.9 Å². The van der Waals surface area contributed by atoms with Gasteiger partial charge in [-0.3, -0.25) is 4.79 Å². The van der Waals surface area contributed by atoms with E-state index >= 15 is 0 Å². The lowest BCUT2D eigenvalue weighted by atomic mass is 9.95. The van der Waals surface area contributed by atoms with E-state index in [2.05, 4.69) is 5.32 Å². The molecule has 0 radical (unpaired) electrons. The summed E-state index contributed by atoms with van der Waals surface area (Å²) in [7, 11) is 0. The fraction of sp³-hybridized carbons (Fsp3) is 0.643. The van der Waals surface area contributed by atoms with Crippen molar-refractivity contribution in [1.29, 1.82) is 0 Å². The van der Waals surface area contributed by atoms with Gasteiger partial charge in [0, 0.05) is 6.04 Å². The van der Waals surface area contributed by atoms with Crippen molar-refractivity contribution in [2.75, 3.05) is 0 Å². The van der Waals surface area contributed by atoms with Crippen molar-refractivity contribution >= 4 is 5.91 Å². The Morgan fingerprint density at radius 2 is 1.90 bits per heavy atom. The third-order valence-electron chi connectivity index (χ3n) is 3.38. The lowest BCUT2D eigenvalue weighted by Gasteiger charge is -2.28. The Bertz CT molecular complexity index is 480. The van der Waals surface area contributed by atoms with Gasteiger partial charge in [0.05, 0.1) is 6.42 Å². The summed E-state index contributed by atoms with van der Waals surface area (Å²) in [5.74, 6) is -1.31. The lowest BCUT2D eigenvalue weighted by Crippen LogP contribution is -2.47. The number of aryl methyl sites for hydroxylation is 1. The highest BCUT2D eigenvalue weighted by Gasteiger charge is 2.58. The average Bonchev–Trinajstić information content (AvgIpc) is 2.81. The molecule has 7 heteroatoms. The fourth-order valence-electron chi connectivity index (χ4n) is 1.99. The molecule has 0 aromatic carbocycles. The highest BCUT2D eigenvalue weighted by Crippen LogP contribution is 2.42. The molecule has 1 amide bonds. The maximum Gasteiger partial charge on any atom is 0.425 e. The quantitative estimate of drug-likeness (QED) is 0.849. The summed E-state index contributed by atoms with van der Waals surface area (Å²) in [5, 5.41) is 12.5. The second-order valence-electron chi connectivity index (χ2n) is 5.03. The van der Waals surface area contributed by atoms with Crippen LogP contribution in [-0.4, -0.2) is 23.2 Å². The van der Waals surface area contributed by atoms with Crippen LogP contribution in [0, 0.1) is 6.92 Å². The molecule has 0 aliphatic carbocycles. The van der Waals surface area contributed by atoms with Crippen molar-refractivity contribution < 1.29 is 27.5 Å². The third-order valence-corrected chi connectivity index (χ3v) is 3.38. The second-order valence-corrected chi connectivity index (χ2v) is 5.03. The number of carbonyl (C=O) groups excluding carboxylic acids is 1. The van der Waals surface area contributed by atoms with E-state index in [9.17, 15) is 23.1 Å². The van der Waals surface area contributed by atoms with Gasteiger partial charge in [-0.25, -0.2) is 0 Å². The predicted molar refractivity (Wildman–Crippen MR) is 70.5 cm³/mol. The van der Waals surface area contributed by atoms with Crippen LogP contribution in [-0.2, 0) is 10.4 Å². The summed E-state index contributed by atoms with van der Waals surface area (Å²) in [6, 6.07) is 2.13. The number of alkyl halides is 3. The molecule has 120 valence electrons. The first-order chi connectivity index (χ1) is 9.64. The molecule has 1 unspecified atom stereocenters. The molecule has 1 aromatic heterocycles. The summed E-state index contributed by atoms with van der Waals surface area (Å²) < 4.78 is 44.4. The van der Waals surface area contributed by atoms with E-state index in [-0.39, 0.29) is 11.8 Å². The first kappa shape index (κ1) is 17.6. The minimum Gasteiger partial charge on any atom is -0.463 e. The minimum atomic E-state index is -5.01. The molecule has 0 fully saturated rings. The van der Waals surface area contributed by atoms with Crippen molar-refractivity contribution in [2.45, 2.75) is 57.9 Å². The van der Waals surface area contributed by atoms with E-state index in [1.807, 2.05) is 13.8 Å². The van der Waals surface area contributed by atoms with Crippen LogP contribution in [0.2, 0.25) is 0 Å². The van der Waals surface area contributed by atoms with Gasteiger partial charge in [0.25, 0.3) is 0 Å². The normalized spacial score (nSPS) is 15.0. The largest absolute Gasteiger partial charge is 0.463 e. The van der Waals surface area contributed by atoms with E-state index in [0.717, 1.165) is 6.07 Å². The van der Waals surface area contributed by atoms with Gasteiger partial charge in [0.1, 0.15) is 11.5 Å². The number of amides is 1. The SMILES string of the molecule is CCC(CC)NC(=O)CC(O)(c1ccc(C)o1)C(F)(F)F.